The zero-order valence-corrected chi connectivity index (χ0v) is 10.8. The van der Waals surface area contributed by atoms with Crippen LogP contribution in [-0.4, -0.2) is 17.5 Å². The van der Waals surface area contributed by atoms with Gasteiger partial charge in [-0.1, -0.05) is 0 Å². The molecule has 0 fully saturated rings. The summed E-state index contributed by atoms with van der Waals surface area (Å²) in [6.45, 7) is 7.32. The average molecular weight is 230 g/mol. The van der Waals surface area contributed by atoms with E-state index < -0.39 is 0 Å². The summed E-state index contributed by atoms with van der Waals surface area (Å²) in [5.41, 5.74) is 4.45. The molecule has 1 aromatic heterocycles. The Bertz CT molecular complexity index is 581. The van der Waals surface area contributed by atoms with Crippen molar-refractivity contribution in [3.63, 3.8) is 0 Å². The predicted octanol–water partition coefficient (Wildman–Crippen LogP) is 2.64. The lowest BCUT2D eigenvalue weighted by Gasteiger charge is -2.04. The molecule has 0 aliphatic rings. The molecule has 1 amide bonds. The fourth-order valence-corrected chi connectivity index (χ4v) is 2.34. The number of carbonyl (C=O) groups is 1. The van der Waals surface area contributed by atoms with Crippen molar-refractivity contribution in [1.29, 1.82) is 0 Å². The molecule has 1 aromatic carbocycles. The first-order valence-electron chi connectivity index (χ1n) is 5.91. The van der Waals surface area contributed by atoms with E-state index in [1.165, 1.54) is 22.2 Å². The number of amides is 1. The predicted molar refractivity (Wildman–Crippen MR) is 70.5 cm³/mol. The molecule has 17 heavy (non-hydrogen) atoms. The van der Waals surface area contributed by atoms with Crippen LogP contribution in [0.1, 0.15) is 28.5 Å². The first-order valence-corrected chi connectivity index (χ1v) is 5.91. The highest BCUT2D eigenvalue weighted by atomic mass is 16.1. The number of nitrogens with one attached hydrogen (secondary N) is 1. The highest BCUT2D eigenvalue weighted by Gasteiger charge is 2.12. The summed E-state index contributed by atoms with van der Waals surface area (Å²) >= 11 is 0. The van der Waals surface area contributed by atoms with Gasteiger partial charge in [-0.2, -0.15) is 0 Å². The van der Waals surface area contributed by atoms with Crippen molar-refractivity contribution in [2.75, 3.05) is 7.05 Å². The van der Waals surface area contributed by atoms with Crippen LogP contribution in [0.2, 0.25) is 0 Å². The van der Waals surface area contributed by atoms with E-state index in [0.717, 1.165) is 12.1 Å². The molecule has 0 bridgehead atoms. The highest BCUT2D eigenvalue weighted by Crippen LogP contribution is 2.26. The number of carbonyl (C=O) groups excluding carboxylic acids is 1. The minimum absolute atomic E-state index is 0.0341. The lowest BCUT2D eigenvalue weighted by atomic mass is 10.1. The van der Waals surface area contributed by atoms with Crippen molar-refractivity contribution < 1.29 is 4.79 Å². The molecule has 0 unspecified atom stereocenters. The molecule has 0 aliphatic heterocycles. The van der Waals surface area contributed by atoms with Gasteiger partial charge in [-0.05, 0) is 44.5 Å². The maximum absolute atomic E-state index is 11.6. The molecule has 1 N–H and O–H groups in total. The average Bonchev–Trinajstić information content (AvgIpc) is 2.60. The number of benzene rings is 1. The summed E-state index contributed by atoms with van der Waals surface area (Å²) in [5, 5.41) is 3.83. The Labute approximate surface area is 101 Å². The third-order valence-corrected chi connectivity index (χ3v) is 3.44. The monoisotopic (exact) mass is 230 g/mol. The standard InChI is InChI=1S/C14H18N2O/c1-5-16-10(3)9(2)12-8-11(14(17)15-4)6-7-13(12)16/h6-8H,5H2,1-4H3,(H,15,17). The quantitative estimate of drug-likeness (QED) is 0.845. The first kappa shape index (κ1) is 11.7. The Morgan fingerprint density at radius 2 is 2.06 bits per heavy atom. The fraction of sp³-hybridized carbons (Fsp3) is 0.357. The van der Waals surface area contributed by atoms with Gasteiger partial charge in [0.25, 0.3) is 5.91 Å². The maximum atomic E-state index is 11.6. The molecule has 0 saturated carbocycles. The smallest absolute Gasteiger partial charge is 0.251 e. The lowest BCUT2D eigenvalue weighted by Crippen LogP contribution is -2.17. The van der Waals surface area contributed by atoms with Gasteiger partial charge >= 0.3 is 0 Å². The molecule has 3 heteroatoms. The van der Waals surface area contributed by atoms with Gasteiger partial charge in [-0.3, -0.25) is 4.79 Å². The van der Waals surface area contributed by atoms with Gasteiger partial charge in [0.2, 0.25) is 0 Å². The van der Waals surface area contributed by atoms with E-state index in [-0.39, 0.29) is 5.91 Å². The molecule has 0 saturated heterocycles. The van der Waals surface area contributed by atoms with E-state index in [0.29, 0.717) is 0 Å². The molecular formula is C14H18N2O. The number of nitrogens with zero attached hydrogens (tertiary/aromatic N) is 1. The number of fused-ring (bicyclic) bond motifs is 1. The Kier molecular flexibility index (Phi) is 2.92. The third-order valence-electron chi connectivity index (χ3n) is 3.44. The molecule has 2 aromatic rings. The number of rotatable bonds is 2. The second-order valence-corrected chi connectivity index (χ2v) is 4.27. The van der Waals surface area contributed by atoms with E-state index in [9.17, 15) is 4.79 Å². The summed E-state index contributed by atoms with van der Waals surface area (Å²) in [4.78, 5) is 11.6. The van der Waals surface area contributed by atoms with Crippen LogP contribution in [0, 0.1) is 13.8 Å². The van der Waals surface area contributed by atoms with Crippen LogP contribution >= 0.6 is 0 Å². The van der Waals surface area contributed by atoms with Crippen molar-refractivity contribution >= 4 is 16.8 Å². The summed E-state index contributed by atoms with van der Waals surface area (Å²) < 4.78 is 2.28. The van der Waals surface area contributed by atoms with Crippen molar-refractivity contribution in [2.45, 2.75) is 27.3 Å². The van der Waals surface area contributed by atoms with Crippen molar-refractivity contribution in [1.82, 2.24) is 9.88 Å². The van der Waals surface area contributed by atoms with Crippen molar-refractivity contribution in [2.24, 2.45) is 0 Å². The van der Waals surface area contributed by atoms with Gasteiger partial charge in [0, 0.05) is 35.8 Å². The SMILES string of the molecule is CCn1c(C)c(C)c2cc(C(=O)NC)ccc21. The Morgan fingerprint density at radius 1 is 1.35 bits per heavy atom. The van der Waals surface area contributed by atoms with E-state index in [1.807, 2.05) is 18.2 Å². The molecule has 90 valence electrons. The number of aryl methyl sites for hydroxylation is 2. The van der Waals surface area contributed by atoms with E-state index in [1.54, 1.807) is 7.05 Å². The summed E-state index contributed by atoms with van der Waals surface area (Å²) in [5.74, 6) is -0.0341. The molecule has 1 heterocycles. The largest absolute Gasteiger partial charge is 0.355 e. The topological polar surface area (TPSA) is 34.0 Å². The van der Waals surface area contributed by atoms with Gasteiger partial charge in [-0.25, -0.2) is 0 Å². The van der Waals surface area contributed by atoms with Crippen LogP contribution < -0.4 is 5.32 Å². The minimum atomic E-state index is -0.0341. The van der Waals surface area contributed by atoms with Crippen LogP contribution in [0.5, 0.6) is 0 Å². The zero-order valence-electron chi connectivity index (χ0n) is 10.8. The second-order valence-electron chi connectivity index (χ2n) is 4.27. The third kappa shape index (κ3) is 1.71. The van der Waals surface area contributed by atoms with E-state index in [4.69, 9.17) is 0 Å². The van der Waals surface area contributed by atoms with E-state index in [2.05, 4.69) is 30.7 Å². The van der Waals surface area contributed by atoms with Crippen LogP contribution in [0.25, 0.3) is 10.9 Å². The first-order chi connectivity index (χ1) is 8.10. The Balaban J connectivity index is 2.70. The highest BCUT2D eigenvalue weighted by molar-refractivity contribution is 5.99. The van der Waals surface area contributed by atoms with Crippen molar-refractivity contribution in [3.8, 4) is 0 Å². The van der Waals surface area contributed by atoms with Gasteiger partial charge in [-0.15, -0.1) is 0 Å². The normalized spacial score (nSPS) is 10.8. The molecule has 0 spiro atoms. The summed E-state index contributed by atoms with van der Waals surface area (Å²) in [6.07, 6.45) is 0. The molecule has 0 radical (unpaired) electrons. The molecule has 0 atom stereocenters. The maximum Gasteiger partial charge on any atom is 0.251 e. The van der Waals surface area contributed by atoms with Gasteiger partial charge < -0.3 is 9.88 Å². The number of hydrogen-bond acceptors (Lipinski definition) is 1. The Hall–Kier alpha value is -1.77. The fourth-order valence-electron chi connectivity index (χ4n) is 2.34. The van der Waals surface area contributed by atoms with E-state index >= 15 is 0 Å². The minimum Gasteiger partial charge on any atom is -0.355 e. The lowest BCUT2D eigenvalue weighted by molar-refractivity contribution is 0.0963. The van der Waals surface area contributed by atoms with Crippen LogP contribution in [0.3, 0.4) is 0 Å². The number of hydrogen-bond donors (Lipinski definition) is 1. The van der Waals surface area contributed by atoms with Crippen LogP contribution in [0.15, 0.2) is 18.2 Å². The zero-order chi connectivity index (χ0) is 12.6. The van der Waals surface area contributed by atoms with Crippen LogP contribution in [-0.2, 0) is 6.54 Å². The summed E-state index contributed by atoms with van der Waals surface area (Å²) in [6, 6.07) is 5.89. The molecule has 3 nitrogen and oxygen atoms in total. The molecular weight excluding hydrogens is 212 g/mol. The Morgan fingerprint density at radius 3 is 2.65 bits per heavy atom. The van der Waals surface area contributed by atoms with Gasteiger partial charge in [0.1, 0.15) is 0 Å². The van der Waals surface area contributed by atoms with Crippen LogP contribution in [0.4, 0.5) is 0 Å². The van der Waals surface area contributed by atoms with Crippen molar-refractivity contribution in [3.05, 3.63) is 35.0 Å². The molecule has 0 aliphatic carbocycles. The number of aromatic nitrogens is 1. The van der Waals surface area contributed by atoms with Gasteiger partial charge in [0.05, 0.1) is 0 Å². The molecule has 2 rings (SSSR count). The second kappa shape index (κ2) is 4.24. The van der Waals surface area contributed by atoms with Gasteiger partial charge in [0.15, 0.2) is 0 Å². The summed E-state index contributed by atoms with van der Waals surface area (Å²) in [7, 11) is 1.65.